The molecule has 13 rings (SSSR count). The van der Waals surface area contributed by atoms with Crippen molar-refractivity contribution in [3.05, 3.63) is 271 Å². The summed E-state index contributed by atoms with van der Waals surface area (Å²) < 4.78 is 7.38. The van der Waals surface area contributed by atoms with E-state index < -0.39 is 5.41 Å². The van der Waals surface area contributed by atoms with Crippen LogP contribution in [0.15, 0.2) is 263 Å². The maximum atomic E-state index is 7.38. The van der Waals surface area contributed by atoms with Crippen molar-refractivity contribution in [3.8, 4) is 0 Å². The van der Waals surface area contributed by atoms with E-state index in [2.05, 4.69) is 254 Å². The Morgan fingerprint density at radius 2 is 1.03 bits per heavy atom. The number of nitrogens with zero attached hydrogens (tertiary/aromatic N) is 2. The Morgan fingerprint density at radius 3 is 1.71 bits per heavy atom. The fourth-order valence-corrected chi connectivity index (χ4v) is 12.5. The van der Waals surface area contributed by atoms with Gasteiger partial charge >= 0.3 is 0 Å². The molecule has 1 aliphatic heterocycles. The standard InChI is InChI=1S/C64H44N2OS/c1-3-4-33-53-42(2)49-30-18-19-34-54(49)64(53)55-35-20-21-36-58(55)68-59-41-48(37-38-56(59)64)66(47-28-12-7-13-29-47)61-50-31-16-15-23-44(50)40-57-60(61)52-39-43-22-14-17-32-51(43)62(63(52)67-57)65(45-24-8-5-9-25-45)46-26-10-6-11-27-46/h3-41H,1H2,2H3/b33-4-. The van der Waals surface area contributed by atoms with Gasteiger partial charge in [-0.15, -0.1) is 0 Å². The summed E-state index contributed by atoms with van der Waals surface area (Å²) in [7, 11) is 0. The van der Waals surface area contributed by atoms with E-state index in [0.717, 1.165) is 77.6 Å². The van der Waals surface area contributed by atoms with Crippen LogP contribution in [0.25, 0.3) is 49.1 Å². The minimum absolute atomic E-state index is 0.512. The van der Waals surface area contributed by atoms with E-state index in [1.54, 1.807) is 0 Å². The van der Waals surface area contributed by atoms with E-state index in [-0.39, 0.29) is 0 Å². The Morgan fingerprint density at radius 1 is 0.485 bits per heavy atom. The average molecular weight is 889 g/mol. The van der Waals surface area contributed by atoms with Crippen LogP contribution in [0.2, 0.25) is 0 Å². The molecule has 3 nitrogen and oxygen atoms in total. The second-order valence-corrected chi connectivity index (χ2v) is 18.7. The van der Waals surface area contributed by atoms with Crippen molar-refractivity contribution in [2.24, 2.45) is 0 Å². The van der Waals surface area contributed by atoms with Crippen LogP contribution in [-0.2, 0) is 5.41 Å². The number of furan rings is 1. The molecule has 0 bridgehead atoms. The van der Waals surface area contributed by atoms with Crippen molar-refractivity contribution in [1.29, 1.82) is 0 Å². The highest BCUT2D eigenvalue weighted by Crippen LogP contribution is 2.62. The summed E-state index contributed by atoms with van der Waals surface area (Å²) in [5.74, 6) is 0. The lowest BCUT2D eigenvalue weighted by Crippen LogP contribution is -2.32. The van der Waals surface area contributed by atoms with Crippen molar-refractivity contribution in [3.63, 3.8) is 0 Å². The second-order valence-electron chi connectivity index (χ2n) is 17.6. The summed E-state index contributed by atoms with van der Waals surface area (Å²) in [5.41, 5.74) is 15.2. The van der Waals surface area contributed by atoms with Crippen LogP contribution in [0.4, 0.5) is 34.1 Å². The first kappa shape index (κ1) is 40.0. The van der Waals surface area contributed by atoms with Crippen LogP contribution in [0.3, 0.4) is 0 Å². The number of anilines is 6. The van der Waals surface area contributed by atoms with Crippen molar-refractivity contribution in [2.75, 3.05) is 9.80 Å². The first-order valence-electron chi connectivity index (χ1n) is 23.2. The molecule has 11 aromatic rings. The van der Waals surface area contributed by atoms with Gasteiger partial charge in [0.15, 0.2) is 5.58 Å². The third-order valence-corrected chi connectivity index (χ3v) is 15.1. The van der Waals surface area contributed by atoms with Crippen molar-refractivity contribution in [2.45, 2.75) is 22.1 Å². The zero-order valence-electron chi connectivity index (χ0n) is 37.4. The molecule has 0 radical (unpaired) electrons. The number of rotatable bonds is 8. The van der Waals surface area contributed by atoms with E-state index in [0.29, 0.717) is 0 Å². The van der Waals surface area contributed by atoms with Crippen LogP contribution < -0.4 is 9.80 Å². The lowest BCUT2D eigenvalue weighted by atomic mass is 9.66. The summed E-state index contributed by atoms with van der Waals surface area (Å²) in [6.45, 7) is 6.37. The first-order chi connectivity index (χ1) is 33.6. The third-order valence-electron chi connectivity index (χ3n) is 14.0. The van der Waals surface area contributed by atoms with Gasteiger partial charge in [-0.2, -0.15) is 0 Å². The highest BCUT2D eigenvalue weighted by atomic mass is 32.2. The molecule has 0 N–H and O–H groups in total. The van der Waals surface area contributed by atoms with Gasteiger partial charge in [-0.1, -0.05) is 188 Å². The maximum absolute atomic E-state index is 7.38. The van der Waals surface area contributed by atoms with Gasteiger partial charge in [-0.25, -0.2) is 0 Å². The molecule has 1 aliphatic carbocycles. The molecular weight excluding hydrogens is 845 g/mol. The Hall–Kier alpha value is -8.31. The molecular formula is C64H44N2OS. The van der Waals surface area contributed by atoms with E-state index in [1.807, 2.05) is 17.8 Å². The summed E-state index contributed by atoms with van der Waals surface area (Å²) in [4.78, 5) is 7.30. The average Bonchev–Trinajstić information content (AvgIpc) is 3.88. The second kappa shape index (κ2) is 15.9. The van der Waals surface area contributed by atoms with Gasteiger partial charge in [0.1, 0.15) is 5.58 Å². The minimum atomic E-state index is -0.512. The summed E-state index contributed by atoms with van der Waals surface area (Å²) in [6, 6.07) is 79.3. The molecule has 4 heteroatoms. The fraction of sp³-hybridized carbons (Fsp3) is 0.0312. The molecule has 0 saturated carbocycles. The van der Waals surface area contributed by atoms with Crippen LogP contribution in [0, 0.1) is 0 Å². The zero-order chi connectivity index (χ0) is 45.3. The number of benzene rings is 10. The molecule has 10 aromatic carbocycles. The largest absolute Gasteiger partial charge is 0.454 e. The van der Waals surface area contributed by atoms with Crippen LogP contribution in [0.5, 0.6) is 0 Å². The first-order valence-corrected chi connectivity index (χ1v) is 24.0. The van der Waals surface area contributed by atoms with Crippen molar-refractivity contribution in [1.82, 2.24) is 0 Å². The van der Waals surface area contributed by atoms with Crippen LogP contribution in [-0.4, -0.2) is 0 Å². The Balaban J connectivity index is 1.12. The number of allylic oxidation sites excluding steroid dienone is 5. The Bertz CT molecular complexity index is 3830. The predicted octanol–water partition coefficient (Wildman–Crippen LogP) is 18.2. The van der Waals surface area contributed by atoms with E-state index in [1.165, 1.54) is 43.2 Å². The molecule has 68 heavy (non-hydrogen) atoms. The molecule has 1 spiro atoms. The highest BCUT2D eigenvalue weighted by Gasteiger charge is 2.50. The van der Waals surface area contributed by atoms with Crippen molar-refractivity contribution >= 4 is 94.9 Å². The molecule has 322 valence electrons. The molecule has 1 aromatic heterocycles. The molecule has 2 heterocycles. The maximum Gasteiger partial charge on any atom is 0.160 e. The SMILES string of the molecule is C=C/C=C\C1=C(C)c2ccccc2C12c1ccccc1Sc1cc(N(c3ccccc3)c3c4ccccc4cc4oc5c(N(c6ccccc6)c6ccccc6)c6ccccc6cc5c34)ccc12. The van der Waals surface area contributed by atoms with Crippen LogP contribution in [0.1, 0.15) is 29.2 Å². The molecule has 1 unspecified atom stereocenters. The molecule has 1 atom stereocenters. The van der Waals surface area contributed by atoms with Gasteiger partial charge in [0.05, 0.1) is 22.2 Å². The molecule has 2 aliphatic rings. The molecule has 0 fully saturated rings. The normalized spacial score (nSPS) is 15.1. The Labute approximate surface area is 400 Å². The third kappa shape index (κ3) is 5.94. The molecule has 0 saturated heterocycles. The predicted molar refractivity (Wildman–Crippen MR) is 287 cm³/mol. The van der Waals surface area contributed by atoms with Gasteiger partial charge in [0, 0.05) is 48.7 Å². The highest BCUT2D eigenvalue weighted by molar-refractivity contribution is 7.99. The summed E-state index contributed by atoms with van der Waals surface area (Å²) in [6.07, 6.45) is 6.27. The van der Waals surface area contributed by atoms with Gasteiger partial charge < -0.3 is 14.2 Å². The smallest absolute Gasteiger partial charge is 0.160 e. The number of fused-ring (bicyclic) bond motifs is 11. The van der Waals surface area contributed by atoms with E-state index >= 15 is 0 Å². The van der Waals surface area contributed by atoms with E-state index in [9.17, 15) is 0 Å². The molecule has 0 amide bonds. The fourth-order valence-electron chi connectivity index (χ4n) is 11.2. The monoisotopic (exact) mass is 888 g/mol. The summed E-state index contributed by atoms with van der Waals surface area (Å²) in [5, 5.41) is 6.59. The summed E-state index contributed by atoms with van der Waals surface area (Å²) >= 11 is 1.86. The van der Waals surface area contributed by atoms with Gasteiger partial charge in [0.25, 0.3) is 0 Å². The van der Waals surface area contributed by atoms with Gasteiger partial charge in [-0.05, 0) is 118 Å². The van der Waals surface area contributed by atoms with Gasteiger partial charge in [0.2, 0.25) is 0 Å². The topological polar surface area (TPSA) is 19.6 Å². The number of para-hydroxylation sites is 3. The van der Waals surface area contributed by atoms with Crippen LogP contribution >= 0.6 is 11.8 Å². The van der Waals surface area contributed by atoms with E-state index in [4.69, 9.17) is 4.42 Å². The Kier molecular flexibility index (Phi) is 9.38. The number of hydrogen-bond donors (Lipinski definition) is 0. The number of hydrogen-bond acceptors (Lipinski definition) is 4. The van der Waals surface area contributed by atoms with Crippen molar-refractivity contribution < 1.29 is 4.42 Å². The zero-order valence-corrected chi connectivity index (χ0v) is 38.3. The van der Waals surface area contributed by atoms with Gasteiger partial charge in [-0.3, -0.25) is 0 Å². The minimum Gasteiger partial charge on any atom is -0.454 e. The lowest BCUT2D eigenvalue weighted by Gasteiger charge is -2.41. The lowest BCUT2D eigenvalue weighted by molar-refractivity contribution is 0.670. The quantitative estimate of drug-likeness (QED) is 0.142.